The molecule has 0 aliphatic carbocycles. The average Bonchev–Trinajstić information content (AvgIpc) is 3.37. The first-order chi connectivity index (χ1) is 16.3. The number of halogens is 1. The number of hydrogen-bond donors (Lipinski definition) is 1. The molecule has 1 saturated heterocycles. The quantitative estimate of drug-likeness (QED) is 0.223. The first kappa shape index (κ1) is 23.1. The van der Waals surface area contributed by atoms with E-state index in [1.165, 1.54) is 18.1 Å². The number of anilines is 1. The molecule has 9 heteroatoms. The van der Waals surface area contributed by atoms with Crippen LogP contribution in [-0.2, 0) is 9.59 Å². The highest BCUT2D eigenvalue weighted by molar-refractivity contribution is 6.51. The highest BCUT2D eigenvalue weighted by atomic mass is 35.5. The summed E-state index contributed by atoms with van der Waals surface area (Å²) in [6, 6.07) is 12.0. The van der Waals surface area contributed by atoms with Crippen molar-refractivity contribution < 1.29 is 28.7 Å². The first-order valence-corrected chi connectivity index (χ1v) is 10.7. The minimum absolute atomic E-state index is 0.118. The molecule has 0 saturated carbocycles. The van der Waals surface area contributed by atoms with Crippen molar-refractivity contribution in [1.29, 1.82) is 0 Å². The van der Waals surface area contributed by atoms with Crippen LogP contribution >= 0.6 is 11.6 Å². The zero-order chi connectivity index (χ0) is 24.4. The van der Waals surface area contributed by atoms with Crippen molar-refractivity contribution in [2.45, 2.75) is 13.0 Å². The number of methoxy groups -OCH3 is 1. The largest absolute Gasteiger partial charge is 0.507 e. The number of benzene rings is 2. The minimum Gasteiger partial charge on any atom is -0.507 e. The number of aliphatic hydroxyl groups is 1. The fourth-order valence-electron chi connectivity index (χ4n) is 3.75. The third-order valence-electron chi connectivity index (χ3n) is 5.27. The molecule has 1 aliphatic heterocycles. The van der Waals surface area contributed by atoms with Crippen LogP contribution in [0, 0.1) is 6.92 Å². The van der Waals surface area contributed by atoms with Crippen LogP contribution in [0.2, 0.25) is 5.02 Å². The second-order valence-electron chi connectivity index (χ2n) is 7.49. The number of rotatable bonds is 7. The van der Waals surface area contributed by atoms with Gasteiger partial charge in [-0.15, -0.1) is 0 Å². The number of aryl methyl sites for hydroxylation is 1. The van der Waals surface area contributed by atoms with Crippen molar-refractivity contribution in [3.8, 4) is 11.5 Å². The van der Waals surface area contributed by atoms with Gasteiger partial charge in [-0.25, -0.2) is 0 Å². The normalized spacial score (nSPS) is 17.1. The summed E-state index contributed by atoms with van der Waals surface area (Å²) in [5, 5.41) is 15.4. The van der Waals surface area contributed by atoms with Gasteiger partial charge in [-0.05, 0) is 42.8 Å². The van der Waals surface area contributed by atoms with Gasteiger partial charge in [-0.3, -0.25) is 14.5 Å². The Balaban J connectivity index is 1.91. The molecule has 3 aromatic rings. The lowest BCUT2D eigenvalue weighted by Gasteiger charge is -2.23. The molecular formula is C25H21ClN2O6. The summed E-state index contributed by atoms with van der Waals surface area (Å²) in [5.74, 6) is -0.584. The molecule has 1 unspecified atom stereocenters. The standard InChI is InChI=1S/C25H21ClN2O6/c1-4-10-33-17-7-5-6-15(12-17)22-21(23(29)16-8-9-19(32-3)18(26)13-16)24(30)25(31)28(22)20-11-14(2)34-27-20/h4-9,11-13,22,29H,1,10H2,2-3H3. The van der Waals surface area contributed by atoms with E-state index in [1.807, 2.05) is 0 Å². The third-order valence-corrected chi connectivity index (χ3v) is 5.57. The molecule has 4 rings (SSSR count). The van der Waals surface area contributed by atoms with Crippen LogP contribution in [0.5, 0.6) is 11.5 Å². The molecule has 0 spiro atoms. The lowest BCUT2D eigenvalue weighted by Crippen LogP contribution is -2.29. The van der Waals surface area contributed by atoms with E-state index >= 15 is 0 Å². The molecule has 1 fully saturated rings. The van der Waals surface area contributed by atoms with Gasteiger partial charge in [-0.2, -0.15) is 0 Å². The summed E-state index contributed by atoms with van der Waals surface area (Å²) in [6.45, 7) is 5.58. The van der Waals surface area contributed by atoms with E-state index in [9.17, 15) is 14.7 Å². The Morgan fingerprint density at radius 2 is 2.06 bits per heavy atom. The Morgan fingerprint density at radius 3 is 2.71 bits per heavy atom. The molecule has 2 heterocycles. The predicted octanol–water partition coefficient (Wildman–Crippen LogP) is 4.84. The van der Waals surface area contributed by atoms with Crippen LogP contribution in [0.25, 0.3) is 5.76 Å². The van der Waals surface area contributed by atoms with Crippen molar-refractivity contribution in [3.63, 3.8) is 0 Å². The highest BCUT2D eigenvalue weighted by Gasteiger charge is 2.48. The monoisotopic (exact) mass is 480 g/mol. The van der Waals surface area contributed by atoms with E-state index < -0.39 is 17.7 Å². The third kappa shape index (κ3) is 4.15. The molecule has 8 nitrogen and oxygen atoms in total. The van der Waals surface area contributed by atoms with E-state index in [0.717, 1.165) is 0 Å². The highest BCUT2D eigenvalue weighted by Crippen LogP contribution is 2.43. The van der Waals surface area contributed by atoms with Gasteiger partial charge in [0.05, 0.1) is 23.7 Å². The maximum atomic E-state index is 13.2. The number of Topliss-reactive ketones (excluding diaryl/α,β-unsaturated/α-hetero) is 1. The lowest BCUT2D eigenvalue weighted by atomic mass is 9.95. The van der Waals surface area contributed by atoms with Crippen LogP contribution in [0.1, 0.15) is 22.9 Å². The summed E-state index contributed by atoms with van der Waals surface area (Å²) in [6.07, 6.45) is 1.60. The minimum atomic E-state index is -0.988. The molecule has 1 atom stereocenters. The topological polar surface area (TPSA) is 102 Å². The molecule has 34 heavy (non-hydrogen) atoms. The van der Waals surface area contributed by atoms with Crippen LogP contribution in [0.3, 0.4) is 0 Å². The van der Waals surface area contributed by atoms with E-state index in [4.69, 9.17) is 25.6 Å². The maximum absolute atomic E-state index is 13.2. The lowest BCUT2D eigenvalue weighted by molar-refractivity contribution is -0.132. The summed E-state index contributed by atoms with van der Waals surface area (Å²) in [4.78, 5) is 27.5. The molecule has 1 aromatic heterocycles. The molecule has 2 aromatic carbocycles. The second kappa shape index (κ2) is 9.44. The fourth-order valence-corrected chi connectivity index (χ4v) is 4.01. The van der Waals surface area contributed by atoms with Gasteiger partial charge in [0, 0.05) is 11.6 Å². The zero-order valence-electron chi connectivity index (χ0n) is 18.4. The predicted molar refractivity (Wildman–Crippen MR) is 126 cm³/mol. The maximum Gasteiger partial charge on any atom is 0.301 e. The van der Waals surface area contributed by atoms with Gasteiger partial charge in [0.1, 0.15) is 29.6 Å². The first-order valence-electron chi connectivity index (χ1n) is 10.3. The number of aromatic nitrogens is 1. The summed E-state index contributed by atoms with van der Waals surface area (Å²) in [5.41, 5.74) is 0.666. The molecule has 174 valence electrons. The number of ketones is 1. The molecule has 0 bridgehead atoms. The van der Waals surface area contributed by atoms with E-state index in [0.29, 0.717) is 22.8 Å². The van der Waals surface area contributed by atoms with Crippen LogP contribution in [0.15, 0.2) is 71.3 Å². The van der Waals surface area contributed by atoms with Gasteiger partial charge in [0.2, 0.25) is 0 Å². The van der Waals surface area contributed by atoms with E-state index in [1.54, 1.807) is 55.5 Å². The summed E-state index contributed by atoms with van der Waals surface area (Å²) >= 11 is 6.23. The fraction of sp³-hybridized carbons (Fsp3) is 0.160. The number of carbonyl (C=O) groups is 2. The summed E-state index contributed by atoms with van der Waals surface area (Å²) in [7, 11) is 1.47. The van der Waals surface area contributed by atoms with Gasteiger partial charge in [0.15, 0.2) is 5.82 Å². The molecule has 1 amide bonds. The Labute approximate surface area is 200 Å². The Hall–Kier alpha value is -4.04. The van der Waals surface area contributed by atoms with E-state index in [-0.39, 0.29) is 34.3 Å². The number of aliphatic hydroxyl groups excluding tert-OH is 1. The molecule has 1 aliphatic rings. The summed E-state index contributed by atoms with van der Waals surface area (Å²) < 4.78 is 15.9. The smallest absolute Gasteiger partial charge is 0.301 e. The van der Waals surface area contributed by atoms with Crippen molar-refractivity contribution in [1.82, 2.24) is 5.16 Å². The number of nitrogens with zero attached hydrogens (tertiary/aromatic N) is 2. The van der Waals surface area contributed by atoms with Gasteiger partial charge in [0.25, 0.3) is 5.78 Å². The van der Waals surface area contributed by atoms with Gasteiger partial charge >= 0.3 is 5.91 Å². The Bertz CT molecular complexity index is 1310. The van der Waals surface area contributed by atoms with E-state index in [2.05, 4.69) is 11.7 Å². The molecule has 1 N–H and O–H groups in total. The number of ether oxygens (including phenoxy) is 2. The average molecular weight is 481 g/mol. The van der Waals surface area contributed by atoms with Crippen LogP contribution < -0.4 is 14.4 Å². The number of carbonyl (C=O) groups excluding carboxylic acids is 2. The van der Waals surface area contributed by atoms with Crippen molar-refractivity contribution in [2.75, 3.05) is 18.6 Å². The Morgan fingerprint density at radius 1 is 1.26 bits per heavy atom. The second-order valence-corrected chi connectivity index (χ2v) is 7.89. The molecular weight excluding hydrogens is 460 g/mol. The van der Waals surface area contributed by atoms with Crippen molar-refractivity contribution in [3.05, 3.63) is 88.7 Å². The van der Waals surface area contributed by atoms with Crippen LogP contribution in [0.4, 0.5) is 5.82 Å². The zero-order valence-corrected chi connectivity index (χ0v) is 19.2. The van der Waals surface area contributed by atoms with Crippen molar-refractivity contribution in [2.24, 2.45) is 0 Å². The van der Waals surface area contributed by atoms with Gasteiger partial charge < -0.3 is 19.1 Å². The van der Waals surface area contributed by atoms with Crippen LogP contribution in [-0.4, -0.2) is 35.7 Å². The van der Waals surface area contributed by atoms with Gasteiger partial charge in [-0.1, -0.05) is 41.5 Å². The number of amides is 1. The SMILES string of the molecule is C=CCOc1cccc(C2C(=C(O)c3ccc(OC)c(Cl)c3)C(=O)C(=O)N2c2cc(C)on2)c1. The Kier molecular flexibility index (Phi) is 6.43. The van der Waals surface area contributed by atoms with Crippen molar-refractivity contribution >= 4 is 34.9 Å². The molecule has 0 radical (unpaired) electrons. The number of hydrogen-bond acceptors (Lipinski definition) is 7.